The van der Waals surface area contributed by atoms with E-state index in [1.807, 2.05) is 19.0 Å². The fourth-order valence-electron chi connectivity index (χ4n) is 1.34. The summed E-state index contributed by atoms with van der Waals surface area (Å²) in [6.45, 7) is 8.56. The van der Waals surface area contributed by atoms with E-state index in [0.29, 0.717) is 11.8 Å². The summed E-state index contributed by atoms with van der Waals surface area (Å²) in [4.78, 5) is 15.3. The van der Waals surface area contributed by atoms with Crippen molar-refractivity contribution in [2.75, 3.05) is 19.0 Å². The van der Waals surface area contributed by atoms with Crippen LogP contribution in [0.4, 0.5) is 5.95 Å². The summed E-state index contributed by atoms with van der Waals surface area (Å²) in [5, 5.41) is 0. The molecule has 1 aromatic heterocycles. The molecule has 0 N–H and O–H groups in total. The predicted molar refractivity (Wildman–Crippen MR) is 66.8 cm³/mol. The molecule has 0 bridgehead atoms. The second kappa shape index (κ2) is 5.23. The Morgan fingerprint density at radius 3 is 2.06 bits per heavy atom. The summed E-state index contributed by atoms with van der Waals surface area (Å²) in [7, 11) is 3.91. The SMILES string of the molecule is CC(C)Cc1nc(C(C)C)nc(N(C)C)n1. The molecule has 16 heavy (non-hydrogen) atoms. The van der Waals surface area contributed by atoms with E-state index in [1.165, 1.54) is 0 Å². The van der Waals surface area contributed by atoms with Crippen LogP contribution in [0.5, 0.6) is 0 Å². The summed E-state index contributed by atoms with van der Waals surface area (Å²) in [5.74, 6) is 3.45. The molecule has 1 heterocycles. The van der Waals surface area contributed by atoms with E-state index >= 15 is 0 Å². The van der Waals surface area contributed by atoms with Gasteiger partial charge < -0.3 is 4.90 Å². The number of hydrogen-bond donors (Lipinski definition) is 0. The summed E-state index contributed by atoms with van der Waals surface area (Å²) >= 11 is 0. The fraction of sp³-hybridized carbons (Fsp3) is 0.750. The van der Waals surface area contributed by atoms with E-state index in [2.05, 4.69) is 42.6 Å². The molecule has 0 spiro atoms. The largest absolute Gasteiger partial charge is 0.347 e. The van der Waals surface area contributed by atoms with Crippen LogP contribution in [-0.2, 0) is 6.42 Å². The minimum atomic E-state index is 0.340. The van der Waals surface area contributed by atoms with Gasteiger partial charge in [0.15, 0.2) is 0 Å². The smallest absolute Gasteiger partial charge is 0.228 e. The molecule has 0 aromatic carbocycles. The van der Waals surface area contributed by atoms with Crippen molar-refractivity contribution in [2.45, 2.75) is 40.0 Å². The molecule has 4 nitrogen and oxygen atoms in total. The van der Waals surface area contributed by atoms with Crippen LogP contribution >= 0.6 is 0 Å². The highest BCUT2D eigenvalue weighted by Crippen LogP contribution is 2.14. The lowest BCUT2D eigenvalue weighted by molar-refractivity contribution is 0.606. The van der Waals surface area contributed by atoms with E-state index in [1.54, 1.807) is 0 Å². The van der Waals surface area contributed by atoms with Crippen LogP contribution in [0.2, 0.25) is 0 Å². The van der Waals surface area contributed by atoms with Gasteiger partial charge in [0.2, 0.25) is 5.95 Å². The van der Waals surface area contributed by atoms with Crippen LogP contribution in [0.25, 0.3) is 0 Å². The van der Waals surface area contributed by atoms with Gasteiger partial charge in [-0.15, -0.1) is 0 Å². The van der Waals surface area contributed by atoms with Crippen LogP contribution in [-0.4, -0.2) is 29.0 Å². The highest BCUT2D eigenvalue weighted by molar-refractivity contribution is 5.27. The first-order valence-corrected chi connectivity index (χ1v) is 5.82. The Morgan fingerprint density at radius 2 is 1.62 bits per heavy atom. The summed E-state index contributed by atoms with van der Waals surface area (Å²) in [6.07, 6.45) is 0.906. The van der Waals surface area contributed by atoms with Gasteiger partial charge in [0.1, 0.15) is 11.6 Å². The number of rotatable bonds is 4. The quantitative estimate of drug-likeness (QED) is 0.783. The second-order valence-corrected chi connectivity index (χ2v) is 5.06. The third-order valence-corrected chi connectivity index (χ3v) is 2.19. The Bertz CT molecular complexity index is 319. The van der Waals surface area contributed by atoms with Gasteiger partial charge in [-0.1, -0.05) is 27.7 Å². The topological polar surface area (TPSA) is 41.9 Å². The van der Waals surface area contributed by atoms with E-state index in [4.69, 9.17) is 0 Å². The van der Waals surface area contributed by atoms with Crippen molar-refractivity contribution in [1.82, 2.24) is 15.0 Å². The van der Waals surface area contributed by atoms with E-state index in [9.17, 15) is 0 Å². The normalized spacial score (nSPS) is 11.2. The van der Waals surface area contributed by atoms with Gasteiger partial charge in [-0.3, -0.25) is 0 Å². The molecule has 0 saturated heterocycles. The molecule has 0 atom stereocenters. The molecule has 90 valence electrons. The lowest BCUT2D eigenvalue weighted by Crippen LogP contribution is -2.17. The van der Waals surface area contributed by atoms with Crippen molar-refractivity contribution in [3.63, 3.8) is 0 Å². The Labute approximate surface area is 98.1 Å². The molecule has 1 aromatic rings. The average Bonchev–Trinajstić information content (AvgIpc) is 2.15. The standard InChI is InChI=1S/C12H22N4/c1-8(2)7-10-13-11(9(3)4)15-12(14-10)16(5)6/h8-9H,7H2,1-6H3. The monoisotopic (exact) mass is 222 g/mol. The van der Waals surface area contributed by atoms with Crippen LogP contribution in [0.3, 0.4) is 0 Å². The molecule has 0 aliphatic rings. The van der Waals surface area contributed by atoms with Crippen molar-refractivity contribution >= 4 is 5.95 Å². The Balaban J connectivity index is 3.08. The van der Waals surface area contributed by atoms with E-state index in [-0.39, 0.29) is 0 Å². The number of nitrogens with zero attached hydrogens (tertiary/aromatic N) is 4. The maximum Gasteiger partial charge on any atom is 0.228 e. The number of aromatic nitrogens is 3. The van der Waals surface area contributed by atoms with Gasteiger partial charge in [0, 0.05) is 26.4 Å². The molecule has 0 fully saturated rings. The van der Waals surface area contributed by atoms with Crippen molar-refractivity contribution in [2.24, 2.45) is 5.92 Å². The summed E-state index contributed by atoms with van der Waals surface area (Å²) in [6, 6.07) is 0. The van der Waals surface area contributed by atoms with Gasteiger partial charge in [-0.05, 0) is 5.92 Å². The van der Waals surface area contributed by atoms with Gasteiger partial charge in [0.05, 0.1) is 0 Å². The zero-order chi connectivity index (χ0) is 12.3. The third kappa shape index (κ3) is 3.43. The van der Waals surface area contributed by atoms with Crippen molar-refractivity contribution in [1.29, 1.82) is 0 Å². The summed E-state index contributed by atoms with van der Waals surface area (Å²) < 4.78 is 0. The minimum absolute atomic E-state index is 0.340. The van der Waals surface area contributed by atoms with Crippen molar-refractivity contribution < 1.29 is 0 Å². The first-order chi connectivity index (χ1) is 7.40. The zero-order valence-electron chi connectivity index (χ0n) is 11.2. The average molecular weight is 222 g/mol. The molecule has 1 rings (SSSR count). The van der Waals surface area contributed by atoms with E-state index in [0.717, 1.165) is 24.0 Å². The molecular weight excluding hydrogens is 200 g/mol. The van der Waals surface area contributed by atoms with Crippen LogP contribution in [0, 0.1) is 5.92 Å². The minimum Gasteiger partial charge on any atom is -0.347 e. The Hall–Kier alpha value is -1.19. The van der Waals surface area contributed by atoms with Crippen LogP contribution in [0.15, 0.2) is 0 Å². The first kappa shape index (κ1) is 12.9. The predicted octanol–water partition coefficient (Wildman–Crippen LogP) is 2.26. The van der Waals surface area contributed by atoms with E-state index < -0.39 is 0 Å². The van der Waals surface area contributed by atoms with Gasteiger partial charge in [0.25, 0.3) is 0 Å². The fourth-order valence-corrected chi connectivity index (χ4v) is 1.34. The van der Waals surface area contributed by atoms with Gasteiger partial charge >= 0.3 is 0 Å². The Morgan fingerprint density at radius 1 is 1.00 bits per heavy atom. The molecule has 0 aliphatic heterocycles. The maximum absolute atomic E-state index is 4.51. The highest BCUT2D eigenvalue weighted by Gasteiger charge is 2.11. The van der Waals surface area contributed by atoms with Crippen LogP contribution in [0.1, 0.15) is 45.3 Å². The second-order valence-electron chi connectivity index (χ2n) is 5.06. The lowest BCUT2D eigenvalue weighted by atomic mass is 10.1. The number of anilines is 1. The molecule has 0 radical (unpaired) electrons. The van der Waals surface area contributed by atoms with Crippen molar-refractivity contribution in [3.05, 3.63) is 11.6 Å². The third-order valence-electron chi connectivity index (χ3n) is 2.19. The summed E-state index contributed by atoms with van der Waals surface area (Å²) in [5.41, 5.74) is 0. The maximum atomic E-state index is 4.51. The lowest BCUT2D eigenvalue weighted by Gasteiger charge is -2.14. The number of hydrogen-bond acceptors (Lipinski definition) is 4. The van der Waals surface area contributed by atoms with Crippen LogP contribution < -0.4 is 4.90 Å². The molecule has 4 heteroatoms. The highest BCUT2D eigenvalue weighted by atomic mass is 15.2. The molecular formula is C12H22N4. The zero-order valence-corrected chi connectivity index (χ0v) is 11.2. The first-order valence-electron chi connectivity index (χ1n) is 5.82. The van der Waals surface area contributed by atoms with Gasteiger partial charge in [-0.2, -0.15) is 9.97 Å². The Kier molecular flexibility index (Phi) is 4.21. The van der Waals surface area contributed by atoms with Gasteiger partial charge in [-0.25, -0.2) is 4.98 Å². The molecule has 0 amide bonds. The molecule has 0 saturated carbocycles. The molecule has 0 unspecified atom stereocenters. The molecule has 0 aliphatic carbocycles. The van der Waals surface area contributed by atoms with Crippen molar-refractivity contribution in [3.8, 4) is 0 Å².